The summed E-state index contributed by atoms with van der Waals surface area (Å²) >= 11 is 0. The summed E-state index contributed by atoms with van der Waals surface area (Å²) < 4.78 is 26.1. The van der Waals surface area contributed by atoms with Crippen LogP contribution in [0.25, 0.3) is 11.1 Å². The van der Waals surface area contributed by atoms with Crippen molar-refractivity contribution in [1.29, 1.82) is 0 Å². The Labute approximate surface area is 96.7 Å². The van der Waals surface area contributed by atoms with Crippen LogP contribution in [-0.2, 0) is 0 Å². The minimum Gasteiger partial charge on any atom is -0.366 e. The highest BCUT2D eigenvalue weighted by Crippen LogP contribution is 2.24. The van der Waals surface area contributed by atoms with E-state index in [2.05, 4.69) is 0 Å². The van der Waals surface area contributed by atoms with E-state index in [1.807, 2.05) is 0 Å². The highest BCUT2D eigenvalue weighted by atomic mass is 19.1. The molecule has 0 aliphatic carbocycles. The van der Waals surface area contributed by atoms with Gasteiger partial charge < -0.3 is 5.73 Å². The largest absolute Gasteiger partial charge is 0.366 e. The number of halogens is 2. The Morgan fingerprint density at radius 2 is 1.71 bits per heavy atom. The lowest BCUT2D eigenvalue weighted by Gasteiger charge is -2.07. The maximum Gasteiger partial charge on any atom is 0.249 e. The summed E-state index contributed by atoms with van der Waals surface area (Å²) in [4.78, 5) is 11.2. The highest BCUT2D eigenvalue weighted by Gasteiger charge is 2.11. The molecule has 2 nitrogen and oxygen atoms in total. The van der Waals surface area contributed by atoms with Crippen LogP contribution in [0.2, 0.25) is 0 Å². The summed E-state index contributed by atoms with van der Waals surface area (Å²) in [6, 6.07) is 9.34. The number of primary amides is 1. The third kappa shape index (κ3) is 2.30. The summed E-state index contributed by atoms with van der Waals surface area (Å²) in [5.74, 6) is -1.73. The van der Waals surface area contributed by atoms with Gasteiger partial charge in [0.2, 0.25) is 5.91 Å². The summed E-state index contributed by atoms with van der Waals surface area (Å²) in [6.45, 7) is 0. The maximum atomic E-state index is 13.1. The van der Waals surface area contributed by atoms with Crippen LogP contribution in [0.3, 0.4) is 0 Å². The Kier molecular flexibility index (Phi) is 2.87. The van der Waals surface area contributed by atoms with Gasteiger partial charge in [0.15, 0.2) is 0 Å². The van der Waals surface area contributed by atoms with Crippen molar-refractivity contribution in [3.63, 3.8) is 0 Å². The number of carbonyl (C=O) groups is 1. The Balaban J connectivity index is 2.63. The zero-order valence-corrected chi connectivity index (χ0v) is 8.78. The summed E-state index contributed by atoms with van der Waals surface area (Å²) in [6.07, 6.45) is 0. The van der Waals surface area contributed by atoms with E-state index < -0.39 is 17.5 Å². The van der Waals surface area contributed by atoms with E-state index >= 15 is 0 Å². The van der Waals surface area contributed by atoms with Crippen molar-refractivity contribution in [2.75, 3.05) is 0 Å². The van der Waals surface area contributed by atoms with Crippen molar-refractivity contribution in [1.82, 2.24) is 0 Å². The number of benzene rings is 2. The minimum absolute atomic E-state index is 0.0376. The van der Waals surface area contributed by atoms with E-state index in [9.17, 15) is 13.6 Å². The molecule has 0 fully saturated rings. The summed E-state index contributed by atoms with van der Waals surface area (Å²) in [7, 11) is 0. The van der Waals surface area contributed by atoms with E-state index in [1.165, 1.54) is 30.3 Å². The highest BCUT2D eigenvalue weighted by molar-refractivity contribution is 5.99. The van der Waals surface area contributed by atoms with Crippen LogP contribution in [0.15, 0.2) is 42.5 Å². The van der Waals surface area contributed by atoms with Gasteiger partial charge in [-0.1, -0.05) is 18.2 Å². The van der Waals surface area contributed by atoms with Gasteiger partial charge in [0.1, 0.15) is 11.6 Å². The van der Waals surface area contributed by atoms with Crippen molar-refractivity contribution in [3.8, 4) is 11.1 Å². The van der Waals surface area contributed by atoms with Gasteiger partial charge in [0, 0.05) is 5.56 Å². The predicted octanol–water partition coefficient (Wildman–Crippen LogP) is 2.73. The molecule has 1 amide bonds. The molecular weight excluding hydrogens is 224 g/mol. The van der Waals surface area contributed by atoms with Crippen LogP contribution >= 0.6 is 0 Å². The number of hydrogen-bond donors (Lipinski definition) is 1. The van der Waals surface area contributed by atoms with Gasteiger partial charge in [-0.2, -0.15) is 0 Å². The SMILES string of the molecule is NC(=O)c1cc(F)ccc1-c1cccc(F)c1. The molecule has 0 heterocycles. The fraction of sp³-hybridized carbons (Fsp3) is 0. The van der Waals surface area contributed by atoms with Crippen LogP contribution in [0, 0.1) is 11.6 Å². The standard InChI is InChI=1S/C13H9F2NO/c14-9-3-1-2-8(6-9)11-5-4-10(15)7-12(11)13(16)17/h1-7H,(H2,16,17). The van der Waals surface area contributed by atoms with Crippen LogP contribution in [-0.4, -0.2) is 5.91 Å². The molecule has 17 heavy (non-hydrogen) atoms. The smallest absolute Gasteiger partial charge is 0.249 e. The van der Waals surface area contributed by atoms with E-state index in [1.54, 1.807) is 6.07 Å². The Hall–Kier alpha value is -2.23. The Bertz CT molecular complexity index is 581. The lowest BCUT2D eigenvalue weighted by molar-refractivity contribution is 0.100. The Morgan fingerprint density at radius 3 is 2.35 bits per heavy atom. The lowest BCUT2D eigenvalue weighted by Crippen LogP contribution is -2.12. The zero-order chi connectivity index (χ0) is 12.4. The normalized spacial score (nSPS) is 10.2. The van der Waals surface area contributed by atoms with E-state index in [0.29, 0.717) is 11.1 Å². The number of hydrogen-bond acceptors (Lipinski definition) is 1. The molecule has 2 aromatic rings. The molecular formula is C13H9F2NO. The van der Waals surface area contributed by atoms with Crippen molar-refractivity contribution < 1.29 is 13.6 Å². The predicted molar refractivity (Wildman–Crippen MR) is 60.3 cm³/mol. The molecule has 0 atom stereocenters. The molecule has 2 rings (SSSR count). The van der Waals surface area contributed by atoms with Gasteiger partial charge in [0.25, 0.3) is 0 Å². The fourth-order valence-electron chi connectivity index (χ4n) is 1.63. The van der Waals surface area contributed by atoms with Gasteiger partial charge in [0.05, 0.1) is 0 Å². The second kappa shape index (κ2) is 4.33. The van der Waals surface area contributed by atoms with Crippen molar-refractivity contribution in [3.05, 3.63) is 59.7 Å². The first-order chi connectivity index (χ1) is 8.08. The van der Waals surface area contributed by atoms with Gasteiger partial charge in [-0.05, 0) is 35.4 Å². The van der Waals surface area contributed by atoms with Crippen LogP contribution in [0.5, 0.6) is 0 Å². The topological polar surface area (TPSA) is 43.1 Å². The zero-order valence-electron chi connectivity index (χ0n) is 8.78. The molecule has 0 aromatic heterocycles. The van der Waals surface area contributed by atoms with Crippen molar-refractivity contribution >= 4 is 5.91 Å². The molecule has 0 aliphatic rings. The van der Waals surface area contributed by atoms with E-state index in [0.717, 1.165) is 6.07 Å². The average molecular weight is 233 g/mol. The third-order valence-corrected chi connectivity index (χ3v) is 2.38. The average Bonchev–Trinajstić information content (AvgIpc) is 2.28. The van der Waals surface area contributed by atoms with Gasteiger partial charge in [-0.3, -0.25) is 4.79 Å². The van der Waals surface area contributed by atoms with Crippen molar-refractivity contribution in [2.45, 2.75) is 0 Å². The number of amides is 1. The Morgan fingerprint density at radius 1 is 1.00 bits per heavy atom. The van der Waals surface area contributed by atoms with Crippen LogP contribution in [0.1, 0.15) is 10.4 Å². The minimum atomic E-state index is -0.747. The van der Waals surface area contributed by atoms with E-state index in [-0.39, 0.29) is 5.56 Å². The second-order valence-corrected chi connectivity index (χ2v) is 3.56. The monoisotopic (exact) mass is 233 g/mol. The van der Waals surface area contributed by atoms with Gasteiger partial charge in [-0.15, -0.1) is 0 Å². The van der Waals surface area contributed by atoms with Crippen LogP contribution in [0.4, 0.5) is 8.78 Å². The molecule has 4 heteroatoms. The lowest BCUT2D eigenvalue weighted by atomic mass is 9.99. The molecule has 0 unspecified atom stereocenters. The first-order valence-corrected chi connectivity index (χ1v) is 4.93. The van der Waals surface area contributed by atoms with Gasteiger partial charge >= 0.3 is 0 Å². The number of nitrogens with two attached hydrogens (primary N) is 1. The van der Waals surface area contributed by atoms with E-state index in [4.69, 9.17) is 5.73 Å². The molecule has 0 spiro atoms. The molecule has 0 saturated heterocycles. The van der Waals surface area contributed by atoms with Gasteiger partial charge in [-0.25, -0.2) is 8.78 Å². The maximum absolute atomic E-state index is 13.1. The summed E-state index contributed by atoms with van der Waals surface area (Å²) in [5, 5.41) is 0. The van der Waals surface area contributed by atoms with Crippen molar-refractivity contribution in [2.24, 2.45) is 5.73 Å². The second-order valence-electron chi connectivity index (χ2n) is 3.56. The molecule has 0 bridgehead atoms. The number of carbonyl (C=O) groups excluding carboxylic acids is 1. The van der Waals surface area contributed by atoms with Crippen LogP contribution < -0.4 is 5.73 Å². The molecule has 2 N–H and O–H groups in total. The first-order valence-electron chi connectivity index (χ1n) is 4.93. The summed E-state index contributed by atoms with van der Waals surface area (Å²) in [5.41, 5.74) is 6.10. The quantitative estimate of drug-likeness (QED) is 0.851. The molecule has 2 aromatic carbocycles. The molecule has 86 valence electrons. The first kappa shape index (κ1) is 11.3. The molecule has 0 radical (unpaired) electrons. The fourth-order valence-corrected chi connectivity index (χ4v) is 1.63. The number of rotatable bonds is 2. The molecule has 0 aliphatic heterocycles. The molecule has 0 saturated carbocycles. The third-order valence-electron chi connectivity index (χ3n) is 2.38.